The molecule has 3 heterocycles. The van der Waals surface area contributed by atoms with E-state index < -0.39 is 189 Å². The molecule has 0 aromatic heterocycles. The second-order valence-corrected chi connectivity index (χ2v) is 29.0. The molecule has 9 unspecified atom stereocenters. The lowest BCUT2D eigenvalue weighted by Crippen LogP contribution is -2.69. The van der Waals surface area contributed by atoms with E-state index in [1.54, 1.807) is 79.7 Å². The molecule has 4 aliphatic rings. The highest BCUT2D eigenvalue weighted by molar-refractivity contribution is 6.26. The maximum atomic E-state index is 15.2. The molecule has 0 bridgehead atoms. The summed E-state index contributed by atoms with van der Waals surface area (Å²) >= 11 is 12.3. The van der Waals surface area contributed by atoms with Crippen LogP contribution in [-0.4, -0.2) is 223 Å². The van der Waals surface area contributed by atoms with Gasteiger partial charge in [-0.1, -0.05) is 144 Å². The average Bonchev–Trinajstić information content (AvgIpc) is 0.739. The molecule has 3 aliphatic heterocycles. The first-order valence-corrected chi connectivity index (χ1v) is 40.5. The molecular weight excluding hydrogens is 1540 g/mol. The van der Waals surface area contributed by atoms with Gasteiger partial charge in [-0.15, -0.1) is 23.2 Å². The van der Waals surface area contributed by atoms with Crippen LogP contribution in [0.3, 0.4) is 0 Å². The van der Waals surface area contributed by atoms with E-state index in [1.807, 2.05) is 65.0 Å². The molecule has 8 rings (SSSR count). The Morgan fingerprint density at radius 2 is 0.939 bits per heavy atom. The van der Waals surface area contributed by atoms with Crippen LogP contribution in [0.1, 0.15) is 152 Å². The standard InChI is InChI=1S/C82H110Cl2N6O25/c1-10-15-39-98-72-65(82(8,38-14-5)115-80-67(88-90-86)73(99-40-16-11-2)69(61(110-80)49-102-51(6)91)106-46-53-28-22-19-23-29-53)60(48-105-64(94)45-84)108-81(76(72)112-78(96)55-32-26-21-27-33-55)114-71-62(50-103-52(7)92)109-79(66(87-89-85)74(71)100-41-17-12-3)113-68-56(47-104-63(93)44-83)43-59(107-58-36-34-57(97-9)35-37-58)70(75(68)101-42-18-13-4)111-77(95)54-30-24-20-25-31-54/h19-37,56,59-62,65-76,79-81H,10-18,38-50H2,1-9H3/t56?,59-,60?,61?,62?,65-,66?,67?,68-,69-,70-,71-,72?,73-,74-,75?,76+,79-,80-,81+,82?/m1/s1. The van der Waals surface area contributed by atoms with Crippen molar-refractivity contribution in [3.63, 3.8) is 0 Å². The van der Waals surface area contributed by atoms with Crippen LogP contribution >= 0.6 is 23.2 Å². The van der Waals surface area contributed by atoms with E-state index in [4.69, 9.17) is 113 Å². The molecule has 632 valence electrons. The second kappa shape index (κ2) is 48.7. The minimum atomic E-state index is -1.86. The third-order valence-electron chi connectivity index (χ3n) is 20.0. The molecule has 0 radical (unpaired) electrons. The predicted molar refractivity (Wildman–Crippen MR) is 417 cm³/mol. The van der Waals surface area contributed by atoms with E-state index in [1.165, 1.54) is 33.1 Å². The third-order valence-corrected chi connectivity index (χ3v) is 20.5. The van der Waals surface area contributed by atoms with Crippen molar-refractivity contribution >= 4 is 59.0 Å². The Morgan fingerprint density at radius 3 is 1.45 bits per heavy atom. The average molecular weight is 1650 g/mol. The van der Waals surface area contributed by atoms with E-state index in [0.717, 1.165) is 12.0 Å². The van der Waals surface area contributed by atoms with Crippen molar-refractivity contribution < 1.29 is 119 Å². The summed E-state index contributed by atoms with van der Waals surface area (Å²) in [6, 6.07) is 29.5. The van der Waals surface area contributed by atoms with Crippen molar-refractivity contribution in [3.05, 3.63) is 153 Å². The predicted octanol–water partition coefficient (Wildman–Crippen LogP) is 13.4. The Hall–Kier alpha value is -7.94. The van der Waals surface area contributed by atoms with E-state index in [9.17, 15) is 35.0 Å². The molecule has 1 saturated carbocycles. The summed E-state index contributed by atoms with van der Waals surface area (Å²) in [4.78, 5) is 89.4. The van der Waals surface area contributed by atoms with Crippen molar-refractivity contribution in [2.45, 2.75) is 249 Å². The summed E-state index contributed by atoms with van der Waals surface area (Å²) < 4.78 is 126. The Morgan fingerprint density at radius 1 is 0.487 bits per heavy atom. The van der Waals surface area contributed by atoms with Gasteiger partial charge in [0.25, 0.3) is 0 Å². The molecule has 4 aromatic carbocycles. The number of benzene rings is 4. The van der Waals surface area contributed by atoms with E-state index in [2.05, 4.69) is 20.1 Å². The number of carbonyl (C=O) groups excluding carboxylic acids is 6. The molecule has 0 spiro atoms. The number of halogens is 2. The number of hydrogen-bond acceptors (Lipinski definition) is 27. The smallest absolute Gasteiger partial charge is 0.338 e. The fourth-order valence-corrected chi connectivity index (χ4v) is 14.6. The highest BCUT2D eigenvalue weighted by atomic mass is 35.5. The van der Waals surface area contributed by atoms with Crippen LogP contribution in [0.5, 0.6) is 11.5 Å². The molecule has 3 saturated heterocycles. The third kappa shape index (κ3) is 27.0. The summed E-state index contributed by atoms with van der Waals surface area (Å²) in [5, 5.41) is 8.69. The van der Waals surface area contributed by atoms with Crippen molar-refractivity contribution in [2.75, 3.05) is 71.7 Å². The maximum Gasteiger partial charge on any atom is 0.338 e. The van der Waals surface area contributed by atoms with Crippen molar-refractivity contribution in [1.29, 1.82) is 0 Å². The maximum absolute atomic E-state index is 15.2. The summed E-state index contributed by atoms with van der Waals surface area (Å²) in [5.74, 6) is -7.10. The lowest BCUT2D eigenvalue weighted by Gasteiger charge is -2.55. The monoisotopic (exact) mass is 1650 g/mol. The lowest BCUT2D eigenvalue weighted by atomic mass is 9.74. The van der Waals surface area contributed by atoms with Crippen LogP contribution in [0.2, 0.25) is 0 Å². The van der Waals surface area contributed by atoms with Gasteiger partial charge in [-0.3, -0.25) is 19.2 Å². The van der Waals surface area contributed by atoms with Crippen LogP contribution in [0, 0.1) is 11.8 Å². The molecule has 31 nitrogen and oxygen atoms in total. The summed E-state index contributed by atoms with van der Waals surface area (Å²) in [7, 11) is 1.52. The molecule has 115 heavy (non-hydrogen) atoms. The van der Waals surface area contributed by atoms with E-state index >= 15 is 4.79 Å². The van der Waals surface area contributed by atoms with Gasteiger partial charge in [-0.2, -0.15) is 0 Å². The number of esters is 6. The number of alkyl halides is 2. The first-order valence-electron chi connectivity index (χ1n) is 39.5. The number of rotatable bonds is 47. The van der Waals surface area contributed by atoms with Gasteiger partial charge >= 0.3 is 35.8 Å². The molecule has 0 amide bonds. The minimum Gasteiger partial charge on any atom is -0.497 e. The highest BCUT2D eigenvalue weighted by Gasteiger charge is 2.62. The van der Waals surface area contributed by atoms with Gasteiger partial charge in [0.05, 0.1) is 55.4 Å². The van der Waals surface area contributed by atoms with Gasteiger partial charge in [0, 0.05) is 61.9 Å². The number of nitrogens with zero attached hydrogens (tertiary/aromatic N) is 6. The fraction of sp³-hybridized carbons (Fsp3) is 0.634. The molecule has 0 N–H and O–H groups in total. The normalized spacial score (nSPS) is 27.7. The molecule has 4 aromatic rings. The Labute approximate surface area is 681 Å². The number of azide groups is 2. The Balaban J connectivity index is 1.29. The van der Waals surface area contributed by atoms with Crippen LogP contribution in [-0.2, 0) is 106 Å². The number of unbranched alkanes of at least 4 members (excludes halogenated alkanes) is 4. The van der Waals surface area contributed by atoms with Crippen LogP contribution in [0.25, 0.3) is 20.9 Å². The van der Waals surface area contributed by atoms with Crippen LogP contribution < -0.4 is 9.47 Å². The first-order chi connectivity index (χ1) is 55.8. The van der Waals surface area contributed by atoms with Crippen molar-refractivity contribution in [2.24, 2.45) is 22.1 Å². The largest absolute Gasteiger partial charge is 0.497 e. The minimum absolute atomic E-state index is 0.000907. The SMILES string of the molecule is CCCCOC1[C@H](C(C)(CCC)O[C@H]2OC(COC(C)=O)[C@@H](OCc3ccccc3)[C@H](OCCCC)C2N=[N+]=[N-])C(COC(=O)CCl)O[C@@H](O[C@@H]2C(COC(C)=O)O[C@H](O[C@@H]3C(COC(=O)CCl)C[C@@H](Oc4ccc(OC)cc4)[C@@H](OC(=O)c4ccccc4)C3OCCCC)C(N=[N+]=[N-])[C@H]2OCCCC)[C@H]1OC(=O)c1ccccc1. The number of methoxy groups -OCH3 is 1. The summed E-state index contributed by atoms with van der Waals surface area (Å²) in [5.41, 5.74) is 20.9. The second-order valence-electron chi connectivity index (χ2n) is 28.5. The number of hydrogen-bond donors (Lipinski definition) is 0. The van der Waals surface area contributed by atoms with Crippen molar-refractivity contribution in [3.8, 4) is 11.5 Å². The first kappa shape index (κ1) is 92.6. The molecule has 33 heteroatoms. The number of carbonyl (C=O) groups is 6. The Kier molecular flexibility index (Phi) is 39.2. The zero-order chi connectivity index (χ0) is 82.7. The fourth-order valence-electron chi connectivity index (χ4n) is 14.4. The van der Waals surface area contributed by atoms with Gasteiger partial charge in [0.1, 0.15) is 104 Å². The topological polar surface area (TPSA) is 375 Å². The van der Waals surface area contributed by atoms with Gasteiger partial charge < -0.3 is 90.0 Å². The van der Waals surface area contributed by atoms with Crippen LogP contribution in [0.4, 0.5) is 0 Å². The highest BCUT2D eigenvalue weighted by Crippen LogP contribution is 2.47. The zero-order valence-corrected chi connectivity index (χ0v) is 68.2. The molecule has 4 fully saturated rings. The molecule has 1 aliphatic carbocycles. The zero-order valence-electron chi connectivity index (χ0n) is 66.7. The van der Waals surface area contributed by atoms with E-state index in [0.29, 0.717) is 62.9 Å². The van der Waals surface area contributed by atoms with Gasteiger partial charge in [0.15, 0.2) is 31.1 Å². The Bertz CT molecular complexity index is 3710. The summed E-state index contributed by atoms with van der Waals surface area (Å²) in [6.07, 6.45) is -17.7. The van der Waals surface area contributed by atoms with Gasteiger partial charge in [0.2, 0.25) is 0 Å². The van der Waals surface area contributed by atoms with E-state index in [-0.39, 0.29) is 70.2 Å². The quantitative estimate of drug-likeness (QED) is 0.00754. The summed E-state index contributed by atoms with van der Waals surface area (Å²) in [6.45, 7) is 12.1. The van der Waals surface area contributed by atoms with Crippen molar-refractivity contribution in [1.82, 2.24) is 0 Å². The van der Waals surface area contributed by atoms with Crippen LogP contribution in [0.15, 0.2) is 125 Å². The van der Waals surface area contributed by atoms with Gasteiger partial charge in [-0.05, 0) is 111 Å². The molecule has 21 atom stereocenters. The number of ether oxygens (including phenoxy) is 19. The molecular formula is C82H110Cl2N6O25. The van der Waals surface area contributed by atoms with Gasteiger partial charge in [-0.25, -0.2) is 9.59 Å². The lowest BCUT2D eigenvalue weighted by molar-refractivity contribution is -0.373.